The fraction of sp³-hybridized carbons (Fsp3) is 0.381. The van der Waals surface area contributed by atoms with E-state index in [0.29, 0.717) is 12.8 Å². The van der Waals surface area contributed by atoms with Crippen LogP contribution in [0.2, 0.25) is 5.02 Å². The summed E-state index contributed by atoms with van der Waals surface area (Å²) in [5, 5.41) is 0.731. The maximum Gasteiger partial charge on any atom is 0.223 e. The topological polar surface area (TPSA) is 46.3 Å². The van der Waals surface area contributed by atoms with Gasteiger partial charge in [-0.2, -0.15) is 0 Å². The zero-order valence-electron chi connectivity index (χ0n) is 14.9. The van der Waals surface area contributed by atoms with E-state index in [-0.39, 0.29) is 24.4 Å². The van der Waals surface area contributed by atoms with E-state index in [2.05, 4.69) is 4.90 Å². The predicted octanol–water partition coefficient (Wildman–Crippen LogP) is 5.42. The molecule has 1 heterocycles. The van der Waals surface area contributed by atoms with Crippen LogP contribution >= 0.6 is 24.0 Å². The van der Waals surface area contributed by atoms with Gasteiger partial charge in [0.2, 0.25) is 5.91 Å². The lowest BCUT2D eigenvalue weighted by Gasteiger charge is -2.31. The van der Waals surface area contributed by atoms with Crippen molar-refractivity contribution in [3.05, 3.63) is 64.7 Å². The number of benzene rings is 2. The fourth-order valence-electron chi connectivity index (χ4n) is 3.59. The first kappa shape index (κ1) is 20.6. The Hall–Kier alpha value is -1.71. The number of aryl methyl sites for hydroxylation is 1. The molecule has 3 rings (SSSR count). The van der Waals surface area contributed by atoms with E-state index in [1.807, 2.05) is 48.5 Å². The van der Waals surface area contributed by atoms with Crippen LogP contribution in [0.5, 0.6) is 0 Å². The van der Waals surface area contributed by atoms with Crippen LogP contribution in [0.15, 0.2) is 48.5 Å². The summed E-state index contributed by atoms with van der Waals surface area (Å²) in [4.78, 5) is 15.0. The van der Waals surface area contributed by atoms with Crippen molar-refractivity contribution in [1.82, 2.24) is 4.90 Å². The number of hydrogen-bond acceptors (Lipinski definition) is 2. The van der Waals surface area contributed by atoms with Crippen LogP contribution in [-0.4, -0.2) is 17.4 Å². The molecule has 2 N–H and O–H groups in total. The normalized spacial score (nSPS) is 17.3. The van der Waals surface area contributed by atoms with Crippen molar-refractivity contribution in [1.29, 1.82) is 0 Å². The summed E-state index contributed by atoms with van der Waals surface area (Å²) in [7, 11) is 0. The molecular weight excluding hydrogens is 367 g/mol. The van der Waals surface area contributed by atoms with Crippen molar-refractivity contribution in [2.24, 2.45) is 0 Å². The predicted molar refractivity (Wildman–Crippen MR) is 111 cm³/mol. The molecule has 0 spiro atoms. The third-order valence-electron chi connectivity index (χ3n) is 4.99. The summed E-state index contributed by atoms with van der Waals surface area (Å²) in [6.45, 7) is 0.830. The number of para-hydroxylation sites is 1. The Kier molecular flexibility index (Phi) is 7.80. The molecule has 0 aliphatic carbocycles. The van der Waals surface area contributed by atoms with Gasteiger partial charge < -0.3 is 10.6 Å². The molecule has 0 radical (unpaired) electrons. The number of nitrogens with zero attached hydrogens (tertiary/aromatic N) is 1. The lowest BCUT2D eigenvalue weighted by Crippen LogP contribution is -2.35. The average molecular weight is 393 g/mol. The molecule has 0 bridgehead atoms. The number of rotatable bonds is 4. The highest BCUT2D eigenvalue weighted by Crippen LogP contribution is 2.31. The second-order valence-electron chi connectivity index (χ2n) is 6.70. The Morgan fingerprint density at radius 2 is 1.81 bits per heavy atom. The molecule has 3 nitrogen and oxygen atoms in total. The van der Waals surface area contributed by atoms with Crippen LogP contribution < -0.4 is 5.73 Å². The molecule has 1 aliphatic rings. The molecule has 0 aromatic heterocycles. The van der Waals surface area contributed by atoms with Crippen LogP contribution in [0.25, 0.3) is 0 Å². The van der Waals surface area contributed by atoms with Gasteiger partial charge in [0.1, 0.15) is 0 Å². The van der Waals surface area contributed by atoms with Gasteiger partial charge in [-0.25, -0.2) is 0 Å². The standard InChI is InChI=1S/C21H25ClN2O.ClH/c22-18-12-9-17(10-13-18)20-8-2-1-5-15-24(20)21(25)14-11-16-6-3-4-7-19(16)23;/h3-4,6-7,9-10,12-13,20H,1-2,5,8,11,14-15,23H2;1H. The number of amides is 1. The van der Waals surface area contributed by atoms with Crippen molar-refractivity contribution >= 4 is 35.6 Å². The van der Waals surface area contributed by atoms with Crippen LogP contribution in [0.3, 0.4) is 0 Å². The first-order chi connectivity index (χ1) is 12.1. The molecule has 26 heavy (non-hydrogen) atoms. The van der Waals surface area contributed by atoms with Gasteiger partial charge in [0.05, 0.1) is 6.04 Å². The summed E-state index contributed by atoms with van der Waals surface area (Å²) in [6, 6.07) is 15.9. The van der Waals surface area contributed by atoms with E-state index in [4.69, 9.17) is 17.3 Å². The molecule has 5 heteroatoms. The second kappa shape index (κ2) is 9.84. The molecule has 1 aliphatic heterocycles. The highest BCUT2D eigenvalue weighted by Gasteiger charge is 2.26. The maximum absolute atomic E-state index is 12.9. The number of carbonyl (C=O) groups is 1. The number of anilines is 1. The van der Waals surface area contributed by atoms with Gasteiger partial charge in [0, 0.05) is 23.7 Å². The van der Waals surface area contributed by atoms with Gasteiger partial charge in [-0.15, -0.1) is 12.4 Å². The van der Waals surface area contributed by atoms with Gasteiger partial charge >= 0.3 is 0 Å². The summed E-state index contributed by atoms with van der Waals surface area (Å²) in [5.41, 5.74) is 9.00. The minimum atomic E-state index is 0. The molecule has 2 aromatic carbocycles. The molecule has 1 saturated heterocycles. The number of halogens is 2. The van der Waals surface area contributed by atoms with Gasteiger partial charge in [0.25, 0.3) is 0 Å². The molecule has 1 atom stereocenters. The number of hydrogen-bond donors (Lipinski definition) is 1. The first-order valence-electron chi connectivity index (χ1n) is 9.03. The lowest BCUT2D eigenvalue weighted by molar-refractivity contribution is -0.133. The summed E-state index contributed by atoms with van der Waals surface area (Å²) < 4.78 is 0. The maximum atomic E-state index is 12.9. The van der Waals surface area contributed by atoms with Crippen molar-refractivity contribution < 1.29 is 4.79 Å². The molecule has 2 aromatic rings. The Morgan fingerprint density at radius 1 is 1.08 bits per heavy atom. The first-order valence-corrected chi connectivity index (χ1v) is 9.41. The molecular formula is C21H26Cl2N2O. The molecule has 140 valence electrons. The van der Waals surface area contributed by atoms with E-state index in [1.165, 1.54) is 12.0 Å². The van der Waals surface area contributed by atoms with Gasteiger partial charge in [0.15, 0.2) is 0 Å². The molecule has 1 amide bonds. The number of nitrogens with two attached hydrogens (primary N) is 1. The van der Waals surface area contributed by atoms with Crippen molar-refractivity contribution in [2.75, 3.05) is 12.3 Å². The third kappa shape index (κ3) is 5.15. The largest absolute Gasteiger partial charge is 0.399 e. The van der Waals surface area contributed by atoms with Crippen molar-refractivity contribution in [3.8, 4) is 0 Å². The Bertz CT molecular complexity index is 718. The quantitative estimate of drug-likeness (QED) is 0.705. The lowest BCUT2D eigenvalue weighted by atomic mass is 10.00. The number of likely N-dealkylation sites (tertiary alicyclic amines) is 1. The SMILES string of the molecule is Cl.Nc1ccccc1CCC(=O)N1CCCCCC1c1ccc(Cl)cc1. The van der Waals surface area contributed by atoms with E-state index in [1.54, 1.807) is 0 Å². The van der Waals surface area contributed by atoms with E-state index < -0.39 is 0 Å². The Labute approximate surface area is 166 Å². The van der Waals surface area contributed by atoms with Gasteiger partial charge in [-0.05, 0) is 48.6 Å². The molecule has 1 fully saturated rings. The minimum Gasteiger partial charge on any atom is -0.399 e. The number of nitrogen functional groups attached to an aromatic ring is 1. The molecule has 0 saturated carbocycles. The Balaban J connectivity index is 0.00000243. The third-order valence-corrected chi connectivity index (χ3v) is 5.24. The van der Waals surface area contributed by atoms with Crippen molar-refractivity contribution in [3.63, 3.8) is 0 Å². The second-order valence-corrected chi connectivity index (χ2v) is 7.14. The summed E-state index contributed by atoms with van der Waals surface area (Å²) in [6.07, 6.45) is 5.61. The Morgan fingerprint density at radius 3 is 2.54 bits per heavy atom. The van der Waals surface area contributed by atoms with E-state index in [9.17, 15) is 4.79 Å². The zero-order valence-corrected chi connectivity index (χ0v) is 16.4. The van der Waals surface area contributed by atoms with Gasteiger partial charge in [-0.3, -0.25) is 4.79 Å². The number of carbonyl (C=O) groups excluding carboxylic acids is 1. The highest BCUT2D eigenvalue weighted by molar-refractivity contribution is 6.30. The van der Waals surface area contributed by atoms with Gasteiger partial charge in [-0.1, -0.05) is 54.8 Å². The molecule has 1 unspecified atom stereocenters. The fourth-order valence-corrected chi connectivity index (χ4v) is 3.71. The summed E-state index contributed by atoms with van der Waals surface area (Å²) >= 11 is 6.02. The monoisotopic (exact) mass is 392 g/mol. The van der Waals surface area contributed by atoms with Crippen LogP contribution in [-0.2, 0) is 11.2 Å². The van der Waals surface area contributed by atoms with Crippen LogP contribution in [0.1, 0.15) is 49.3 Å². The van der Waals surface area contributed by atoms with E-state index >= 15 is 0 Å². The smallest absolute Gasteiger partial charge is 0.223 e. The summed E-state index contributed by atoms with van der Waals surface area (Å²) in [5.74, 6) is 0.213. The zero-order chi connectivity index (χ0) is 17.6. The van der Waals surface area contributed by atoms with E-state index in [0.717, 1.165) is 42.1 Å². The average Bonchev–Trinajstić information content (AvgIpc) is 2.87. The minimum absolute atomic E-state index is 0. The van der Waals surface area contributed by atoms with Crippen LogP contribution in [0, 0.1) is 0 Å². The van der Waals surface area contributed by atoms with Crippen LogP contribution in [0.4, 0.5) is 5.69 Å². The highest BCUT2D eigenvalue weighted by atomic mass is 35.5. The van der Waals surface area contributed by atoms with Crippen molar-refractivity contribution in [2.45, 2.75) is 44.6 Å².